The van der Waals surface area contributed by atoms with Gasteiger partial charge in [0.25, 0.3) is 15.9 Å². The highest BCUT2D eigenvalue weighted by Crippen LogP contribution is 2.23. The maximum atomic E-state index is 12.7. The molecule has 6 nitrogen and oxygen atoms in total. The van der Waals surface area contributed by atoms with E-state index in [-0.39, 0.29) is 21.5 Å². The van der Waals surface area contributed by atoms with Gasteiger partial charge in [0.05, 0.1) is 22.1 Å². The Kier molecular flexibility index (Phi) is 6.86. The van der Waals surface area contributed by atoms with Crippen molar-refractivity contribution in [1.29, 1.82) is 0 Å². The van der Waals surface area contributed by atoms with Crippen LogP contribution in [-0.2, 0) is 14.8 Å². The number of sulfonamides is 1. The molecule has 0 aromatic heterocycles. The average molecular weight is 411 g/mol. The van der Waals surface area contributed by atoms with Gasteiger partial charge in [-0.2, -0.15) is 0 Å². The number of carbonyl (C=O) groups excluding carboxylic acids is 1. The molecular formula is C19H23ClN2O4S. The molecule has 27 heavy (non-hydrogen) atoms. The van der Waals surface area contributed by atoms with Crippen LogP contribution in [-0.4, -0.2) is 34.1 Å². The van der Waals surface area contributed by atoms with Crippen LogP contribution in [0.1, 0.15) is 28.4 Å². The Hall–Kier alpha value is -2.09. The van der Waals surface area contributed by atoms with Gasteiger partial charge in [-0.3, -0.25) is 9.52 Å². The van der Waals surface area contributed by atoms with Crippen molar-refractivity contribution in [2.75, 3.05) is 18.4 Å². The molecule has 0 aliphatic rings. The summed E-state index contributed by atoms with van der Waals surface area (Å²) < 4.78 is 32.9. The molecule has 0 saturated carbocycles. The fraction of sp³-hybridized carbons (Fsp3) is 0.316. The van der Waals surface area contributed by atoms with Crippen LogP contribution in [0.4, 0.5) is 5.69 Å². The Morgan fingerprint density at radius 2 is 1.85 bits per heavy atom. The maximum absolute atomic E-state index is 12.7. The molecular weight excluding hydrogens is 388 g/mol. The van der Waals surface area contributed by atoms with Crippen molar-refractivity contribution in [2.45, 2.75) is 31.7 Å². The van der Waals surface area contributed by atoms with E-state index in [4.69, 9.17) is 16.3 Å². The molecule has 0 bridgehead atoms. The molecule has 2 rings (SSSR count). The molecule has 1 atom stereocenters. The number of ether oxygens (including phenoxy) is 1. The van der Waals surface area contributed by atoms with E-state index in [0.29, 0.717) is 12.3 Å². The van der Waals surface area contributed by atoms with Crippen LogP contribution in [0.15, 0.2) is 41.3 Å². The number of halogens is 1. The minimum absolute atomic E-state index is 0.0466. The van der Waals surface area contributed by atoms with Gasteiger partial charge in [-0.1, -0.05) is 17.7 Å². The topological polar surface area (TPSA) is 84.5 Å². The number of aryl methyl sites for hydroxylation is 2. The first-order chi connectivity index (χ1) is 12.6. The van der Waals surface area contributed by atoms with Gasteiger partial charge < -0.3 is 10.1 Å². The lowest BCUT2D eigenvalue weighted by molar-refractivity contribution is 0.0905. The van der Waals surface area contributed by atoms with E-state index >= 15 is 0 Å². The smallest absolute Gasteiger partial charge is 0.261 e. The molecule has 0 aliphatic carbocycles. The number of carbonyl (C=O) groups is 1. The lowest BCUT2D eigenvalue weighted by atomic mass is 10.1. The quantitative estimate of drug-likeness (QED) is 0.731. The summed E-state index contributed by atoms with van der Waals surface area (Å²) in [5.41, 5.74) is 2.57. The van der Waals surface area contributed by atoms with Gasteiger partial charge in [-0.25, -0.2) is 8.42 Å². The van der Waals surface area contributed by atoms with Crippen LogP contribution in [0.25, 0.3) is 0 Å². The number of anilines is 1. The Balaban J connectivity index is 2.29. The minimum atomic E-state index is -3.87. The monoisotopic (exact) mass is 410 g/mol. The molecule has 0 saturated heterocycles. The van der Waals surface area contributed by atoms with Gasteiger partial charge >= 0.3 is 0 Å². The Labute approximate surface area is 164 Å². The molecule has 1 amide bonds. The third kappa shape index (κ3) is 5.45. The molecule has 0 fully saturated rings. The first-order valence-electron chi connectivity index (χ1n) is 8.33. The summed E-state index contributed by atoms with van der Waals surface area (Å²) in [7, 11) is -2.34. The second-order valence-corrected chi connectivity index (χ2v) is 8.47. The highest BCUT2D eigenvalue weighted by Gasteiger charge is 2.20. The molecule has 0 spiro atoms. The van der Waals surface area contributed by atoms with Gasteiger partial charge in [0.15, 0.2) is 0 Å². The zero-order valence-electron chi connectivity index (χ0n) is 15.7. The summed E-state index contributed by atoms with van der Waals surface area (Å²) in [5, 5.41) is 2.89. The predicted octanol–water partition coefficient (Wildman–Crippen LogP) is 3.52. The molecule has 1 unspecified atom stereocenters. The van der Waals surface area contributed by atoms with Crippen molar-refractivity contribution in [3.8, 4) is 0 Å². The van der Waals surface area contributed by atoms with E-state index < -0.39 is 15.9 Å². The van der Waals surface area contributed by atoms with E-state index in [1.54, 1.807) is 19.1 Å². The number of amides is 1. The Morgan fingerprint density at radius 3 is 2.48 bits per heavy atom. The number of nitrogens with one attached hydrogen (secondary N) is 2. The van der Waals surface area contributed by atoms with Crippen molar-refractivity contribution < 1.29 is 17.9 Å². The number of hydrogen-bond donors (Lipinski definition) is 2. The van der Waals surface area contributed by atoms with Crippen LogP contribution in [0.2, 0.25) is 5.02 Å². The number of methoxy groups -OCH3 is 1. The van der Waals surface area contributed by atoms with Crippen molar-refractivity contribution in [1.82, 2.24) is 5.32 Å². The molecule has 0 aliphatic heterocycles. The van der Waals surface area contributed by atoms with E-state index in [0.717, 1.165) is 11.1 Å². The fourth-order valence-corrected chi connectivity index (χ4v) is 3.74. The highest BCUT2D eigenvalue weighted by atomic mass is 35.5. The van der Waals surface area contributed by atoms with E-state index in [9.17, 15) is 13.2 Å². The lowest BCUT2D eigenvalue weighted by Crippen LogP contribution is -2.35. The summed E-state index contributed by atoms with van der Waals surface area (Å²) >= 11 is 6.09. The largest absolute Gasteiger partial charge is 0.383 e. The third-order valence-electron chi connectivity index (χ3n) is 4.05. The number of benzene rings is 2. The van der Waals surface area contributed by atoms with Gasteiger partial charge in [-0.15, -0.1) is 0 Å². The summed E-state index contributed by atoms with van der Waals surface area (Å²) in [6, 6.07) is 9.06. The molecule has 0 radical (unpaired) electrons. The molecule has 2 N–H and O–H groups in total. The lowest BCUT2D eigenvalue weighted by Gasteiger charge is -2.15. The first kappa shape index (κ1) is 21.2. The van der Waals surface area contributed by atoms with E-state index in [1.807, 2.05) is 19.9 Å². The number of hydrogen-bond acceptors (Lipinski definition) is 4. The predicted molar refractivity (Wildman–Crippen MR) is 107 cm³/mol. The van der Waals surface area contributed by atoms with Crippen molar-refractivity contribution in [2.24, 2.45) is 0 Å². The zero-order valence-corrected chi connectivity index (χ0v) is 17.2. The SMILES string of the molecule is COCC(C)NC(=O)c1cc(S(=O)(=O)Nc2ccc(C)c(C)c2)ccc1Cl. The van der Waals surface area contributed by atoms with Gasteiger partial charge in [0, 0.05) is 18.8 Å². The standard InChI is InChI=1S/C19H23ClN2O4S/c1-12-5-6-15(9-13(12)2)22-27(24,25)16-7-8-18(20)17(10-16)19(23)21-14(3)11-26-4/h5-10,14,22H,11H2,1-4H3,(H,21,23). The maximum Gasteiger partial charge on any atom is 0.261 e. The average Bonchev–Trinajstić information content (AvgIpc) is 2.58. The van der Waals surface area contributed by atoms with Crippen LogP contribution in [0.3, 0.4) is 0 Å². The fourth-order valence-electron chi connectivity index (χ4n) is 2.46. The van der Waals surface area contributed by atoms with Crippen LogP contribution in [0, 0.1) is 13.8 Å². The van der Waals surface area contributed by atoms with E-state index in [2.05, 4.69) is 10.0 Å². The molecule has 8 heteroatoms. The summed E-state index contributed by atoms with van der Waals surface area (Å²) in [4.78, 5) is 12.4. The Bertz CT molecular complexity index is 945. The van der Waals surface area contributed by atoms with Gasteiger partial charge in [0.2, 0.25) is 0 Å². The van der Waals surface area contributed by atoms with Crippen molar-refractivity contribution >= 4 is 33.2 Å². The summed E-state index contributed by atoms with van der Waals surface area (Å²) in [6.07, 6.45) is 0. The normalized spacial score (nSPS) is 12.5. The van der Waals surface area contributed by atoms with Crippen molar-refractivity contribution in [3.05, 3.63) is 58.1 Å². The van der Waals surface area contributed by atoms with Crippen LogP contribution in [0.5, 0.6) is 0 Å². The highest BCUT2D eigenvalue weighted by molar-refractivity contribution is 7.92. The molecule has 0 heterocycles. The zero-order chi connectivity index (χ0) is 20.2. The second kappa shape index (κ2) is 8.73. The summed E-state index contributed by atoms with van der Waals surface area (Å²) in [5.74, 6) is -0.465. The molecule has 146 valence electrons. The van der Waals surface area contributed by atoms with Crippen LogP contribution < -0.4 is 10.0 Å². The second-order valence-electron chi connectivity index (χ2n) is 6.38. The number of rotatable bonds is 7. The molecule has 2 aromatic carbocycles. The Morgan fingerprint density at radius 1 is 1.15 bits per heavy atom. The van der Waals surface area contributed by atoms with Gasteiger partial charge in [-0.05, 0) is 62.2 Å². The van der Waals surface area contributed by atoms with Crippen LogP contribution >= 0.6 is 11.6 Å². The molecule has 2 aromatic rings. The first-order valence-corrected chi connectivity index (χ1v) is 10.2. The van der Waals surface area contributed by atoms with E-state index in [1.165, 1.54) is 25.3 Å². The summed E-state index contributed by atoms with van der Waals surface area (Å²) in [6.45, 7) is 5.95. The minimum Gasteiger partial charge on any atom is -0.383 e. The van der Waals surface area contributed by atoms with Gasteiger partial charge in [0.1, 0.15) is 0 Å². The third-order valence-corrected chi connectivity index (χ3v) is 5.75. The van der Waals surface area contributed by atoms with Crippen molar-refractivity contribution in [3.63, 3.8) is 0 Å².